The molecule has 0 spiro atoms. The molecule has 0 aromatic heterocycles. The Balaban J connectivity index is 2.44. The van der Waals surface area contributed by atoms with Crippen LogP contribution >= 0.6 is 0 Å². The molecule has 1 saturated heterocycles. The van der Waals surface area contributed by atoms with Crippen LogP contribution in [0.15, 0.2) is 0 Å². The third-order valence-electron chi connectivity index (χ3n) is 2.23. The second-order valence-electron chi connectivity index (χ2n) is 3.25. The molecule has 76 valence electrons. The van der Waals surface area contributed by atoms with E-state index in [0.29, 0.717) is 19.5 Å². The quantitative estimate of drug-likeness (QED) is 0.557. The molecular weight excluding hydrogens is 172 g/mol. The van der Waals surface area contributed by atoms with E-state index < -0.39 is 6.09 Å². The molecule has 1 aliphatic heterocycles. The van der Waals surface area contributed by atoms with E-state index in [1.165, 1.54) is 4.90 Å². The van der Waals surface area contributed by atoms with Crippen LogP contribution in [0.1, 0.15) is 12.8 Å². The van der Waals surface area contributed by atoms with Crippen LogP contribution in [0.2, 0.25) is 0 Å². The third-order valence-corrected chi connectivity index (χ3v) is 2.23. The van der Waals surface area contributed by atoms with Crippen molar-refractivity contribution in [3.63, 3.8) is 0 Å². The van der Waals surface area contributed by atoms with Gasteiger partial charge in [-0.3, -0.25) is 0 Å². The monoisotopic (exact) mass is 188 g/mol. The molecule has 1 amide bonds. The first-order chi connectivity index (χ1) is 6.24. The molecule has 0 aromatic rings. The molecule has 5 nitrogen and oxygen atoms in total. The fourth-order valence-electron chi connectivity index (χ4n) is 1.52. The standard InChI is InChI=1S/C8H16N2O3/c11-5-2-7-6-10(8(12)13)4-1-3-9-7/h7,9,11H,1-6H2,(H,12,13). The second-order valence-corrected chi connectivity index (χ2v) is 3.25. The Kier molecular flexibility index (Phi) is 3.98. The molecule has 1 fully saturated rings. The van der Waals surface area contributed by atoms with E-state index in [1.807, 2.05) is 0 Å². The lowest BCUT2D eigenvalue weighted by Crippen LogP contribution is -2.40. The summed E-state index contributed by atoms with van der Waals surface area (Å²) in [7, 11) is 0. The maximum absolute atomic E-state index is 10.7. The summed E-state index contributed by atoms with van der Waals surface area (Å²) in [6.07, 6.45) is 0.588. The average molecular weight is 188 g/mol. The van der Waals surface area contributed by atoms with E-state index in [-0.39, 0.29) is 12.6 Å². The average Bonchev–Trinajstić information content (AvgIpc) is 2.30. The summed E-state index contributed by atoms with van der Waals surface area (Å²) in [5, 5.41) is 20.7. The van der Waals surface area contributed by atoms with Crippen molar-refractivity contribution < 1.29 is 15.0 Å². The Labute approximate surface area is 77.3 Å². The molecule has 5 heteroatoms. The van der Waals surface area contributed by atoms with Crippen LogP contribution in [0, 0.1) is 0 Å². The predicted octanol–water partition coefficient (Wildman–Crippen LogP) is -0.289. The van der Waals surface area contributed by atoms with Gasteiger partial charge >= 0.3 is 6.09 Å². The number of rotatable bonds is 2. The first kappa shape index (κ1) is 10.3. The zero-order valence-corrected chi connectivity index (χ0v) is 7.57. The summed E-state index contributed by atoms with van der Waals surface area (Å²) < 4.78 is 0. The molecule has 0 saturated carbocycles. The number of carboxylic acid groups (broad SMARTS) is 1. The summed E-state index contributed by atoms with van der Waals surface area (Å²) in [4.78, 5) is 12.1. The van der Waals surface area contributed by atoms with E-state index in [2.05, 4.69) is 5.32 Å². The molecule has 1 rings (SSSR count). The molecule has 1 atom stereocenters. The summed E-state index contributed by atoms with van der Waals surface area (Å²) in [5.41, 5.74) is 0. The molecule has 0 radical (unpaired) electrons. The molecule has 1 aliphatic rings. The van der Waals surface area contributed by atoms with E-state index in [4.69, 9.17) is 10.2 Å². The van der Waals surface area contributed by atoms with Crippen LogP contribution in [0.4, 0.5) is 4.79 Å². The lowest BCUT2D eigenvalue weighted by molar-refractivity contribution is 0.141. The number of amides is 1. The van der Waals surface area contributed by atoms with Crippen molar-refractivity contribution in [1.29, 1.82) is 0 Å². The highest BCUT2D eigenvalue weighted by Gasteiger charge is 2.20. The zero-order chi connectivity index (χ0) is 9.68. The highest BCUT2D eigenvalue weighted by atomic mass is 16.4. The second kappa shape index (κ2) is 5.04. The van der Waals surface area contributed by atoms with Gasteiger partial charge in [0.1, 0.15) is 0 Å². The number of hydrogen-bond donors (Lipinski definition) is 3. The summed E-state index contributed by atoms with van der Waals surface area (Å²) in [5.74, 6) is 0. The van der Waals surface area contributed by atoms with Crippen molar-refractivity contribution >= 4 is 6.09 Å². The highest BCUT2D eigenvalue weighted by molar-refractivity contribution is 5.65. The minimum absolute atomic E-state index is 0.101. The largest absolute Gasteiger partial charge is 0.465 e. The number of nitrogens with one attached hydrogen (secondary N) is 1. The van der Waals surface area contributed by atoms with Gasteiger partial charge in [0.2, 0.25) is 0 Å². The zero-order valence-electron chi connectivity index (χ0n) is 7.57. The van der Waals surface area contributed by atoms with Crippen molar-refractivity contribution in [2.75, 3.05) is 26.2 Å². The van der Waals surface area contributed by atoms with Crippen molar-refractivity contribution in [2.24, 2.45) is 0 Å². The van der Waals surface area contributed by atoms with Gasteiger partial charge in [0, 0.05) is 25.7 Å². The normalized spacial score (nSPS) is 24.1. The van der Waals surface area contributed by atoms with Crippen molar-refractivity contribution in [1.82, 2.24) is 10.2 Å². The Morgan fingerprint density at radius 2 is 2.38 bits per heavy atom. The minimum atomic E-state index is -0.869. The van der Waals surface area contributed by atoms with Crippen LogP contribution in [0.3, 0.4) is 0 Å². The smallest absolute Gasteiger partial charge is 0.407 e. The predicted molar refractivity (Wildman–Crippen MR) is 47.7 cm³/mol. The van der Waals surface area contributed by atoms with Gasteiger partial charge in [-0.25, -0.2) is 4.79 Å². The molecule has 1 heterocycles. The molecular formula is C8H16N2O3. The SMILES string of the molecule is O=C(O)N1CCCNC(CCO)C1. The molecule has 1 unspecified atom stereocenters. The van der Waals surface area contributed by atoms with Gasteiger partial charge in [0.25, 0.3) is 0 Å². The van der Waals surface area contributed by atoms with Crippen molar-refractivity contribution in [3.05, 3.63) is 0 Å². The van der Waals surface area contributed by atoms with Gasteiger partial charge in [-0.2, -0.15) is 0 Å². The number of nitrogens with zero attached hydrogens (tertiary/aromatic N) is 1. The Morgan fingerprint density at radius 3 is 3.00 bits per heavy atom. The van der Waals surface area contributed by atoms with Crippen LogP contribution in [-0.4, -0.2) is 53.5 Å². The van der Waals surface area contributed by atoms with E-state index in [1.54, 1.807) is 0 Å². The molecule has 0 bridgehead atoms. The van der Waals surface area contributed by atoms with Gasteiger partial charge in [-0.05, 0) is 19.4 Å². The number of aliphatic hydroxyl groups is 1. The van der Waals surface area contributed by atoms with Crippen LogP contribution in [0.5, 0.6) is 0 Å². The fraction of sp³-hybridized carbons (Fsp3) is 0.875. The third kappa shape index (κ3) is 3.20. The molecule has 3 N–H and O–H groups in total. The summed E-state index contributed by atoms with van der Waals surface area (Å²) >= 11 is 0. The van der Waals surface area contributed by atoms with E-state index >= 15 is 0 Å². The first-order valence-corrected chi connectivity index (χ1v) is 4.56. The van der Waals surface area contributed by atoms with Gasteiger partial charge < -0.3 is 20.4 Å². The van der Waals surface area contributed by atoms with Gasteiger partial charge in [-0.15, -0.1) is 0 Å². The van der Waals surface area contributed by atoms with Gasteiger partial charge in [0.15, 0.2) is 0 Å². The van der Waals surface area contributed by atoms with E-state index in [0.717, 1.165) is 13.0 Å². The van der Waals surface area contributed by atoms with Crippen molar-refractivity contribution in [2.45, 2.75) is 18.9 Å². The summed E-state index contributed by atoms with van der Waals surface area (Å²) in [6.45, 7) is 2.00. The lowest BCUT2D eigenvalue weighted by Gasteiger charge is -2.21. The lowest BCUT2D eigenvalue weighted by atomic mass is 10.2. The highest BCUT2D eigenvalue weighted by Crippen LogP contribution is 2.03. The maximum atomic E-state index is 10.7. The molecule has 13 heavy (non-hydrogen) atoms. The Bertz CT molecular complexity index is 175. The first-order valence-electron chi connectivity index (χ1n) is 4.56. The van der Waals surface area contributed by atoms with Crippen LogP contribution < -0.4 is 5.32 Å². The topological polar surface area (TPSA) is 72.8 Å². The van der Waals surface area contributed by atoms with Gasteiger partial charge in [-0.1, -0.05) is 0 Å². The van der Waals surface area contributed by atoms with Gasteiger partial charge in [0.05, 0.1) is 0 Å². The fourth-order valence-corrected chi connectivity index (χ4v) is 1.52. The number of hydrogen-bond acceptors (Lipinski definition) is 3. The number of aliphatic hydroxyl groups excluding tert-OH is 1. The molecule has 0 aromatic carbocycles. The Morgan fingerprint density at radius 1 is 1.62 bits per heavy atom. The maximum Gasteiger partial charge on any atom is 0.407 e. The number of carbonyl (C=O) groups is 1. The van der Waals surface area contributed by atoms with Crippen LogP contribution in [0.25, 0.3) is 0 Å². The minimum Gasteiger partial charge on any atom is -0.465 e. The van der Waals surface area contributed by atoms with Crippen molar-refractivity contribution in [3.8, 4) is 0 Å². The Hall–Kier alpha value is -0.810. The molecule has 0 aliphatic carbocycles. The van der Waals surface area contributed by atoms with E-state index in [9.17, 15) is 4.79 Å². The summed E-state index contributed by atoms with van der Waals surface area (Å²) in [6, 6.07) is 0.101. The van der Waals surface area contributed by atoms with Crippen LogP contribution in [-0.2, 0) is 0 Å².